The van der Waals surface area contributed by atoms with Crippen LogP contribution in [0.15, 0.2) is 5.16 Å². The molecule has 1 rings (SSSR count). The average molecular weight is 228 g/mol. The smallest absolute Gasteiger partial charge is 0.139 e. The Kier molecular flexibility index (Phi) is 5.55. The predicted molar refractivity (Wildman–Crippen MR) is 65.8 cm³/mol. The second-order valence-electron chi connectivity index (χ2n) is 4.79. The van der Waals surface area contributed by atoms with Gasteiger partial charge in [0.1, 0.15) is 5.84 Å². The van der Waals surface area contributed by atoms with Gasteiger partial charge in [-0.25, -0.2) is 0 Å². The van der Waals surface area contributed by atoms with Gasteiger partial charge in [0.25, 0.3) is 0 Å². The van der Waals surface area contributed by atoms with Gasteiger partial charge in [-0.3, -0.25) is 4.90 Å². The molecule has 1 unspecified atom stereocenters. The van der Waals surface area contributed by atoms with Gasteiger partial charge in [-0.15, -0.1) is 0 Å². The Morgan fingerprint density at radius 2 is 2.31 bits per heavy atom. The summed E-state index contributed by atoms with van der Waals surface area (Å²) in [5.41, 5.74) is 5.45. The van der Waals surface area contributed by atoms with Crippen LogP contribution in [0.1, 0.15) is 25.7 Å². The monoisotopic (exact) mass is 228 g/mol. The molecule has 5 nitrogen and oxygen atoms in total. The zero-order valence-corrected chi connectivity index (χ0v) is 10.4. The second kappa shape index (κ2) is 6.70. The van der Waals surface area contributed by atoms with E-state index in [-0.39, 0.29) is 0 Å². The standard InChI is InChI=1S/C11H24N4O/c1-14(2)9-10-5-3-7-15(10)8-4-6-11(12)13-16/h10,16H,3-9H2,1-2H3,(H2,12,13). The fraction of sp³-hybridized carbons (Fsp3) is 0.909. The molecule has 0 radical (unpaired) electrons. The van der Waals surface area contributed by atoms with E-state index in [2.05, 4.69) is 29.1 Å². The number of amidine groups is 1. The molecule has 0 bridgehead atoms. The first-order chi connectivity index (χ1) is 7.63. The number of nitrogens with two attached hydrogens (primary N) is 1. The van der Waals surface area contributed by atoms with Gasteiger partial charge in [0.05, 0.1) is 0 Å². The number of rotatable bonds is 6. The molecule has 1 atom stereocenters. The second-order valence-corrected chi connectivity index (χ2v) is 4.79. The van der Waals surface area contributed by atoms with Gasteiger partial charge in [0.15, 0.2) is 0 Å². The Hall–Kier alpha value is -0.810. The van der Waals surface area contributed by atoms with Crippen LogP contribution in [0.2, 0.25) is 0 Å². The molecule has 94 valence electrons. The Morgan fingerprint density at radius 1 is 1.56 bits per heavy atom. The molecule has 1 heterocycles. The van der Waals surface area contributed by atoms with E-state index in [1.54, 1.807) is 0 Å². The quantitative estimate of drug-likeness (QED) is 0.301. The lowest BCUT2D eigenvalue weighted by atomic mass is 10.2. The highest BCUT2D eigenvalue weighted by Crippen LogP contribution is 2.18. The number of hydrogen-bond donors (Lipinski definition) is 2. The van der Waals surface area contributed by atoms with Crippen LogP contribution in [-0.4, -0.2) is 60.6 Å². The van der Waals surface area contributed by atoms with E-state index in [4.69, 9.17) is 10.9 Å². The van der Waals surface area contributed by atoms with Crippen LogP contribution in [0.3, 0.4) is 0 Å². The van der Waals surface area contributed by atoms with Gasteiger partial charge >= 0.3 is 0 Å². The van der Waals surface area contributed by atoms with Crippen LogP contribution in [0.4, 0.5) is 0 Å². The minimum absolute atomic E-state index is 0.336. The van der Waals surface area contributed by atoms with Gasteiger partial charge in [-0.1, -0.05) is 5.16 Å². The number of likely N-dealkylation sites (N-methyl/N-ethyl adjacent to an activating group) is 1. The summed E-state index contributed by atoms with van der Waals surface area (Å²) in [6.45, 7) is 3.37. The molecule has 5 heteroatoms. The van der Waals surface area contributed by atoms with E-state index in [1.807, 2.05) is 0 Å². The van der Waals surface area contributed by atoms with Crippen molar-refractivity contribution in [2.75, 3.05) is 33.7 Å². The molecule has 1 fully saturated rings. The third-order valence-corrected chi connectivity index (χ3v) is 3.08. The lowest BCUT2D eigenvalue weighted by Gasteiger charge is -2.26. The van der Waals surface area contributed by atoms with Crippen molar-refractivity contribution in [2.45, 2.75) is 31.7 Å². The zero-order chi connectivity index (χ0) is 12.0. The summed E-state index contributed by atoms with van der Waals surface area (Å²) in [6.07, 6.45) is 4.24. The van der Waals surface area contributed by atoms with E-state index >= 15 is 0 Å². The molecule has 3 N–H and O–H groups in total. The number of oxime groups is 1. The van der Waals surface area contributed by atoms with Crippen molar-refractivity contribution < 1.29 is 5.21 Å². The van der Waals surface area contributed by atoms with Crippen molar-refractivity contribution in [2.24, 2.45) is 10.9 Å². The van der Waals surface area contributed by atoms with Crippen LogP contribution < -0.4 is 5.73 Å². The normalized spacial score (nSPS) is 23.2. The highest BCUT2D eigenvalue weighted by Gasteiger charge is 2.24. The minimum Gasteiger partial charge on any atom is -0.409 e. The molecular weight excluding hydrogens is 204 g/mol. The first kappa shape index (κ1) is 13.3. The lowest BCUT2D eigenvalue weighted by Crippen LogP contribution is -2.38. The molecule has 1 aliphatic rings. The van der Waals surface area contributed by atoms with Crippen molar-refractivity contribution in [3.63, 3.8) is 0 Å². The lowest BCUT2D eigenvalue weighted by molar-refractivity contribution is 0.206. The molecule has 0 aromatic heterocycles. The zero-order valence-electron chi connectivity index (χ0n) is 10.4. The van der Waals surface area contributed by atoms with Crippen LogP contribution in [0, 0.1) is 0 Å². The molecule has 0 aliphatic carbocycles. The van der Waals surface area contributed by atoms with Crippen molar-refractivity contribution >= 4 is 5.84 Å². The number of nitrogens with zero attached hydrogens (tertiary/aromatic N) is 3. The van der Waals surface area contributed by atoms with E-state index < -0.39 is 0 Å². The summed E-state index contributed by atoms with van der Waals surface area (Å²) >= 11 is 0. The van der Waals surface area contributed by atoms with Gasteiger partial charge in [0.2, 0.25) is 0 Å². The maximum absolute atomic E-state index is 8.44. The molecule has 1 aliphatic heterocycles. The van der Waals surface area contributed by atoms with E-state index in [0.29, 0.717) is 18.3 Å². The van der Waals surface area contributed by atoms with Crippen molar-refractivity contribution in [1.82, 2.24) is 9.80 Å². The molecular formula is C11H24N4O. The van der Waals surface area contributed by atoms with Gasteiger partial charge in [-0.2, -0.15) is 0 Å². The summed E-state index contributed by atoms with van der Waals surface area (Å²) < 4.78 is 0. The van der Waals surface area contributed by atoms with Gasteiger partial charge < -0.3 is 15.8 Å². The third kappa shape index (κ3) is 4.37. The van der Waals surface area contributed by atoms with Gasteiger partial charge in [-0.05, 0) is 46.4 Å². The Bertz CT molecular complexity index is 230. The fourth-order valence-electron chi connectivity index (χ4n) is 2.33. The minimum atomic E-state index is 0.336. The Morgan fingerprint density at radius 3 is 2.94 bits per heavy atom. The average Bonchev–Trinajstić information content (AvgIpc) is 2.64. The Balaban J connectivity index is 2.24. The molecule has 1 saturated heterocycles. The highest BCUT2D eigenvalue weighted by molar-refractivity contribution is 5.79. The summed E-state index contributed by atoms with van der Waals surface area (Å²) in [5.74, 6) is 0.336. The van der Waals surface area contributed by atoms with Crippen LogP contribution in [-0.2, 0) is 0 Å². The SMILES string of the molecule is CN(C)CC1CCCN1CCCC(N)=NO. The Labute approximate surface area is 97.9 Å². The molecule has 16 heavy (non-hydrogen) atoms. The molecule has 0 aromatic rings. The maximum Gasteiger partial charge on any atom is 0.139 e. The topological polar surface area (TPSA) is 65.1 Å². The maximum atomic E-state index is 8.44. The fourth-order valence-corrected chi connectivity index (χ4v) is 2.33. The van der Waals surface area contributed by atoms with Gasteiger partial charge in [0, 0.05) is 19.0 Å². The largest absolute Gasteiger partial charge is 0.409 e. The summed E-state index contributed by atoms with van der Waals surface area (Å²) in [4.78, 5) is 4.76. The van der Waals surface area contributed by atoms with Crippen molar-refractivity contribution in [1.29, 1.82) is 0 Å². The molecule has 0 aromatic carbocycles. The summed E-state index contributed by atoms with van der Waals surface area (Å²) in [6, 6.07) is 0.683. The van der Waals surface area contributed by atoms with Crippen LogP contribution in [0.5, 0.6) is 0 Å². The summed E-state index contributed by atoms with van der Waals surface area (Å²) in [5, 5.41) is 11.4. The van der Waals surface area contributed by atoms with Crippen LogP contribution >= 0.6 is 0 Å². The molecule has 0 amide bonds. The van der Waals surface area contributed by atoms with Crippen molar-refractivity contribution in [3.05, 3.63) is 0 Å². The number of hydrogen-bond acceptors (Lipinski definition) is 4. The molecule has 0 saturated carbocycles. The van der Waals surface area contributed by atoms with E-state index in [9.17, 15) is 0 Å². The van der Waals surface area contributed by atoms with Crippen LogP contribution in [0.25, 0.3) is 0 Å². The van der Waals surface area contributed by atoms with E-state index in [0.717, 1.165) is 19.5 Å². The predicted octanol–water partition coefficient (Wildman–Crippen LogP) is 0.539. The first-order valence-corrected chi connectivity index (χ1v) is 5.98. The van der Waals surface area contributed by atoms with Crippen molar-refractivity contribution in [3.8, 4) is 0 Å². The highest BCUT2D eigenvalue weighted by atomic mass is 16.4. The number of likely N-dealkylation sites (tertiary alicyclic amines) is 1. The third-order valence-electron chi connectivity index (χ3n) is 3.08. The first-order valence-electron chi connectivity index (χ1n) is 5.98. The summed E-state index contributed by atoms with van der Waals surface area (Å²) in [7, 11) is 4.24. The van der Waals surface area contributed by atoms with E-state index in [1.165, 1.54) is 19.4 Å². The molecule has 0 spiro atoms.